The van der Waals surface area contributed by atoms with Crippen LogP contribution in [0.25, 0.3) is 0 Å². The van der Waals surface area contributed by atoms with Crippen molar-refractivity contribution in [2.24, 2.45) is 0 Å². The van der Waals surface area contributed by atoms with Crippen molar-refractivity contribution in [2.75, 3.05) is 11.9 Å². The number of halogens is 2. The minimum atomic E-state index is -0.509. The normalized spacial score (nSPS) is 17.0. The second kappa shape index (κ2) is 6.61. The van der Waals surface area contributed by atoms with Crippen LogP contribution >= 0.6 is 11.6 Å². The Morgan fingerprint density at radius 1 is 1.29 bits per heavy atom. The Labute approximate surface area is 144 Å². The van der Waals surface area contributed by atoms with Crippen LogP contribution in [0, 0.1) is 5.82 Å². The SMILES string of the molecule is CCC(=O)N1CC(=O)Nc2ccc(Cl)cc2[C@H]1c1ccc(F)cc1. The lowest BCUT2D eigenvalue weighted by atomic mass is 9.95. The van der Waals surface area contributed by atoms with E-state index in [0.717, 1.165) is 5.56 Å². The molecule has 0 radical (unpaired) electrons. The summed E-state index contributed by atoms with van der Waals surface area (Å²) in [5.74, 6) is -0.793. The molecule has 0 bridgehead atoms. The van der Waals surface area contributed by atoms with Gasteiger partial charge in [-0.3, -0.25) is 9.59 Å². The van der Waals surface area contributed by atoms with Gasteiger partial charge in [0.05, 0.1) is 6.04 Å². The van der Waals surface area contributed by atoms with Crippen LogP contribution in [-0.4, -0.2) is 23.3 Å². The summed E-state index contributed by atoms with van der Waals surface area (Å²) in [6.45, 7) is 1.67. The van der Waals surface area contributed by atoms with E-state index in [4.69, 9.17) is 11.6 Å². The minimum Gasteiger partial charge on any atom is -0.324 e. The molecule has 2 aromatic rings. The maximum atomic E-state index is 13.3. The molecule has 0 spiro atoms. The molecular weight excluding hydrogens is 331 g/mol. The molecule has 3 rings (SSSR count). The van der Waals surface area contributed by atoms with Crippen LogP contribution in [0.2, 0.25) is 5.02 Å². The molecule has 2 amide bonds. The van der Waals surface area contributed by atoms with E-state index in [9.17, 15) is 14.0 Å². The lowest BCUT2D eigenvalue weighted by molar-refractivity contribution is -0.135. The van der Waals surface area contributed by atoms with Crippen LogP contribution in [0.1, 0.15) is 30.5 Å². The standard InChI is InChI=1S/C18H16ClFN2O2/c1-2-17(24)22-10-16(23)21-15-8-5-12(19)9-14(15)18(22)11-3-6-13(20)7-4-11/h3-9,18H,2,10H2,1H3,(H,21,23)/t18-/m1/s1. The maximum Gasteiger partial charge on any atom is 0.244 e. The molecule has 124 valence electrons. The van der Waals surface area contributed by atoms with Crippen LogP contribution in [0.15, 0.2) is 42.5 Å². The highest BCUT2D eigenvalue weighted by Gasteiger charge is 2.32. The number of nitrogens with zero attached hydrogens (tertiary/aromatic N) is 1. The quantitative estimate of drug-likeness (QED) is 0.900. The monoisotopic (exact) mass is 346 g/mol. The van der Waals surface area contributed by atoms with Crippen molar-refractivity contribution in [2.45, 2.75) is 19.4 Å². The van der Waals surface area contributed by atoms with Crippen LogP contribution in [-0.2, 0) is 9.59 Å². The number of fused-ring (bicyclic) bond motifs is 1. The van der Waals surface area contributed by atoms with Gasteiger partial charge in [0.1, 0.15) is 12.4 Å². The zero-order valence-corrected chi connectivity index (χ0v) is 13.8. The maximum absolute atomic E-state index is 13.3. The van der Waals surface area contributed by atoms with Gasteiger partial charge in [0, 0.05) is 22.7 Å². The number of hydrogen-bond donors (Lipinski definition) is 1. The second-order valence-corrected chi connectivity index (χ2v) is 6.05. The van der Waals surface area contributed by atoms with E-state index in [1.165, 1.54) is 17.0 Å². The van der Waals surface area contributed by atoms with Gasteiger partial charge in [-0.05, 0) is 35.9 Å². The fourth-order valence-electron chi connectivity index (χ4n) is 2.92. The average Bonchev–Trinajstić information content (AvgIpc) is 2.71. The van der Waals surface area contributed by atoms with Crippen molar-refractivity contribution < 1.29 is 14.0 Å². The van der Waals surface area contributed by atoms with Gasteiger partial charge in [-0.1, -0.05) is 30.7 Å². The molecule has 0 saturated heterocycles. The van der Waals surface area contributed by atoms with Gasteiger partial charge in [-0.25, -0.2) is 4.39 Å². The molecule has 1 heterocycles. The number of carbonyl (C=O) groups excluding carboxylic acids is 2. The summed E-state index contributed by atoms with van der Waals surface area (Å²) in [4.78, 5) is 26.1. The summed E-state index contributed by atoms with van der Waals surface area (Å²) in [7, 11) is 0. The molecular formula is C18H16ClFN2O2. The topological polar surface area (TPSA) is 49.4 Å². The Kier molecular flexibility index (Phi) is 4.53. The Hall–Kier alpha value is -2.40. The van der Waals surface area contributed by atoms with E-state index in [2.05, 4.69) is 5.32 Å². The lowest BCUT2D eigenvalue weighted by Crippen LogP contribution is -2.38. The first-order chi connectivity index (χ1) is 11.5. The average molecular weight is 347 g/mol. The fraction of sp³-hybridized carbons (Fsp3) is 0.222. The first kappa shape index (κ1) is 16.5. The predicted molar refractivity (Wildman–Crippen MR) is 90.3 cm³/mol. The number of amides is 2. The Morgan fingerprint density at radius 3 is 2.67 bits per heavy atom. The molecule has 0 aromatic heterocycles. The summed E-state index contributed by atoms with van der Waals surface area (Å²) in [5, 5.41) is 3.30. The van der Waals surface area contributed by atoms with Crippen molar-refractivity contribution in [1.82, 2.24) is 4.90 Å². The van der Waals surface area contributed by atoms with Gasteiger partial charge in [-0.15, -0.1) is 0 Å². The second-order valence-electron chi connectivity index (χ2n) is 5.61. The number of rotatable bonds is 2. The summed E-state index contributed by atoms with van der Waals surface area (Å²) in [6.07, 6.45) is 0.265. The summed E-state index contributed by atoms with van der Waals surface area (Å²) in [5.41, 5.74) is 2.03. The van der Waals surface area contributed by atoms with Crippen molar-refractivity contribution >= 4 is 29.1 Å². The molecule has 1 aliphatic rings. The van der Waals surface area contributed by atoms with E-state index < -0.39 is 6.04 Å². The number of benzene rings is 2. The first-order valence-corrected chi connectivity index (χ1v) is 8.01. The number of nitrogens with one attached hydrogen (secondary N) is 1. The van der Waals surface area contributed by atoms with E-state index in [0.29, 0.717) is 16.3 Å². The molecule has 6 heteroatoms. The molecule has 24 heavy (non-hydrogen) atoms. The molecule has 1 aliphatic heterocycles. The predicted octanol–water partition coefficient (Wildman–Crippen LogP) is 3.76. The molecule has 0 saturated carbocycles. The molecule has 2 aromatic carbocycles. The fourth-order valence-corrected chi connectivity index (χ4v) is 3.10. The molecule has 1 N–H and O–H groups in total. The molecule has 4 nitrogen and oxygen atoms in total. The minimum absolute atomic E-state index is 0.0684. The van der Waals surface area contributed by atoms with Gasteiger partial charge in [0.2, 0.25) is 11.8 Å². The number of anilines is 1. The van der Waals surface area contributed by atoms with Crippen LogP contribution in [0.5, 0.6) is 0 Å². The summed E-state index contributed by atoms with van der Waals surface area (Å²) < 4.78 is 13.3. The zero-order chi connectivity index (χ0) is 17.3. The van der Waals surface area contributed by atoms with E-state index in [1.54, 1.807) is 37.3 Å². The molecule has 0 fully saturated rings. The van der Waals surface area contributed by atoms with Crippen LogP contribution in [0.3, 0.4) is 0 Å². The van der Waals surface area contributed by atoms with Crippen LogP contribution in [0.4, 0.5) is 10.1 Å². The molecule has 0 unspecified atom stereocenters. The lowest BCUT2D eigenvalue weighted by Gasteiger charge is -2.30. The van der Waals surface area contributed by atoms with E-state index in [1.807, 2.05) is 0 Å². The van der Waals surface area contributed by atoms with Gasteiger partial charge in [-0.2, -0.15) is 0 Å². The van der Waals surface area contributed by atoms with Crippen molar-refractivity contribution in [1.29, 1.82) is 0 Å². The van der Waals surface area contributed by atoms with Crippen molar-refractivity contribution in [3.8, 4) is 0 Å². The molecule has 1 atom stereocenters. The third kappa shape index (κ3) is 3.12. The van der Waals surface area contributed by atoms with E-state index >= 15 is 0 Å². The third-order valence-corrected chi connectivity index (χ3v) is 4.25. The van der Waals surface area contributed by atoms with Crippen molar-refractivity contribution in [3.63, 3.8) is 0 Å². The van der Waals surface area contributed by atoms with Crippen LogP contribution < -0.4 is 5.32 Å². The first-order valence-electron chi connectivity index (χ1n) is 7.64. The Bertz CT molecular complexity index is 792. The Balaban J connectivity index is 2.20. The summed E-state index contributed by atoms with van der Waals surface area (Å²) >= 11 is 6.13. The van der Waals surface area contributed by atoms with Gasteiger partial charge in [0.25, 0.3) is 0 Å². The largest absolute Gasteiger partial charge is 0.324 e. The highest BCUT2D eigenvalue weighted by atomic mass is 35.5. The molecule has 0 aliphatic carbocycles. The Morgan fingerprint density at radius 2 is 2.00 bits per heavy atom. The highest BCUT2D eigenvalue weighted by Crippen LogP contribution is 2.37. The van der Waals surface area contributed by atoms with E-state index in [-0.39, 0.29) is 30.6 Å². The number of carbonyl (C=O) groups is 2. The highest BCUT2D eigenvalue weighted by molar-refractivity contribution is 6.30. The number of hydrogen-bond acceptors (Lipinski definition) is 2. The third-order valence-electron chi connectivity index (χ3n) is 4.02. The van der Waals surface area contributed by atoms with Gasteiger partial charge >= 0.3 is 0 Å². The smallest absolute Gasteiger partial charge is 0.244 e. The summed E-state index contributed by atoms with van der Waals surface area (Å²) in [6, 6.07) is 10.5. The zero-order valence-electron chi connectivity index (χ0n) is 13.1. The van der Waals surface area contributed by atoms with Gasteiger partial charge in [0.15, 0.2) is 0 Å². The van der Waals surface area contributed by atoms with Crippen molar-refractivity contribution in [3.05, 3.63) is 64.4 Å². The van der Waals surface area contributed by atoms with Gasteiger partial charge < -0.3 is 10.2 Å².